The Morgan fingerprint density at radius 3 is 2.28 bits per heavy atom. The minimum absolute atomic E-state index is 0.0102. The average molecular weight is 665 g/mol. The summed E-state index contributed by atoms with van der Waals surface area (Å²) in [6.07, 6.45) is -2.55. The van der Waals surface area contributed by atoms with Gasteiger partial charge in [0.2, 0.25) is 6.29 Å². The zero-order valence-electron chi connectivity index (χ0n) is 28.4. The van der Waals surface area contributed by atoms with Crippen molar-refractivity contribution in [2.24, 2.45) is 44.8 Å². The topological polar surface area (TPSA) is 197 Å². The summed E-state index contributed by atoms with van der Waals surface area (Å²) >= 11 is 0. The lowest BCUT2D eigenvalue weighted by Gasteiger charge is -2.71. The highest BCUT2D eigenvalue weighted by atomic mass is 16.7. The van der Waals surface area contributed by atoms with Crippen LogP contribution >= 0.6 is 0 Å². The van der Waals surface area contributed by atoms with Crippen molar-refractivity contribution in [3.63, 3.8) is 0 Å². The second-order valence-electron chi connectivity index (χ2n) is 16.8. The molecular weight excluding hydrogens is 608 g/mol. The molecule has 0 unspecified atom stereocenters. The molecule has 266 valence electrons. The van der Waals surface area contributed by atoms with E-state index in [9.17, 15) is 45.6 Å². The number of rotatable bonds is 5. The quantitative estimate of drug-likeness (QED) is 0.156. The molecule has 1 saturated heterocycles. The molecule has 47 heavy (non-hydrogen) atoms. The zero-order valence-corrected chi connectivity index (χ0v) is 28.4. The van der Waals surface area contributed by atoms with Gasteiger partial charge in [0.15, 0.2) is 0 Å². The lowest BCUT2D eigenvalue weighted by atomic mass is 9.33. The molecule has 0 amide bonds. The molecule has 1 heterocycles. The second kappa shape index (κ2) is 11.8. The standard InChI is InChI=1S/C36H56O11/c1-18-8-11-36(31(45)47-30-28(43)27(42)26(41)22(16-38)46-30)13-12-34(4)20(25(36)19(18)15-37)6-7-24-32(2)14-21(40)29(44)33(3,17-39)23(32)9-10-35(24,34)5/h6,21-30,37-44H,7-17H2,1-5H3/t21-,22-,23-,24-,25+,26-,27+,28-,29-,30+,32+,33+,34-,35-,36+/m1/s1. The maximum atomic E-state index is 14.4. The van der Waals surface area contributed by atoms with Gasteiger partial charge in [-0.05, 0) is 91.9 Å². The van der Waals surface area contributed by atoms with E-state index in [4.69, 9.17) is 9.47 Å². The van der Waals surface area contributed by atoms with Gasteiger partial charge in [-0.15, -0.1) is 0 Å². The van der Waals surface area contributed by atoms with E-state index in [1.807, 2.05) is 13.8 Å². The van der Waals surface area contributed by atoms with Gasteiger partial charge in [-0.3, -0.25) is 4.79 Å². The van der Waals surface area contributed by atoms with Crippen molar-refractivity contribution in [1.82, 2.24) is 0 Å². The zero-order chi connectivity index (χ0) is 34.5. The molecule has 15 atom stereocenters. The van der Waals surface area contributed by atoms with E-state index < -0.39 is 72.2 Å². The van der Waals surface area contributed by atoms with Crippen LogP contribution in [0.15, 0.2) is 22.8 Å². The second-order valence-corrected chi connectivity index (χ2v) is 16.8. The summed E-state index contributed by atoms with van der Waals surface area (Å²) in [4.78, 5) is 14.4. The first-order valence-electron chi connectivity index (χ1n) is 17.5. The molecule has 1 aliphatic heterocycles. The van der Waals surface area contributed by atoms with Gasteiger partial charge in [0.05, 0.1) is 37.4 Å². The minimum Gasteiger partial charge on any atom is -0.432 e. The van der Waals surface area contributed by atoms with Crippen LogP contribution in [-0.2, 0) is 14.3 Å². The number of carbonyl (C=O) groups excluding carboxylic acids is 1. The third-order valence-corrected chi connectivity index (χ3v) is 15.0. The van der Waals surface area contributed by atoms with Crippen molar-refractivity contribution < 1.29 is 55.1 Å². The largest absolute Gasteiger partial charge is 0.432 e. The highest BCUT2D eigenvalue weighted by Crippen LogP contribution is 2.75. The minimum atomic E-state index is -1.71. The SMILES string of the molecule is CC1=C(CO)[C@H]2C3=CC[C@@H]4[C@@]5(C)C[C@@H](O)[C@@H](O)[C@@](C)(CO)[C@@H]5CC[C@@]4(C)[C@]3(C)CC[C@@]2(C(=O)O[C@@H]2O[C@H](CO)[C@@H](O)[C@H](O)[C@H]2O)CC1. The maximum absolute atomic E-state index is 14.4. The van der Waals surface area contributed by atoms with Crippen LogP contribution in [0.3, 0.4) is 0 Å². The number of aliphatic hydroxyl groups excluding tert-OH is 8. The molecule has 11 heteroatoms. The Kier molecular flexibility index (Phi) is 8.92. The number of carbonyl (C=O) groups is 1. The molecule has 3 saturated carbocycles. The van der Waals surface area contributed by atoms with E-state index in [-0.39, 0.29) is 41.3 Å². The summed E-state index contributed by atoms with van der Waals surface area (Å²) in [5, 5.41) is 84.6. The van der Waals surface area contributed by atoms with Gasteiger partial charge in [-0.25, -0.2) is 0 Å². The van der Waals surface area contributed by atoms with Crippen LogP contribution in [-0.4, -0.2) is 110 Å². The number of fused-ring (bicyclic) bond motifs is 7. The van der Waals surface area contributed by atoms with Crippen molar-refractivity contribution in [1.29, 1.82) is 0 Å². The van der Waals surface area contributed by atoms with Crippen LogP contribution in [0, 0.1) is 44.8 Å². The molecule has 0 radical (unpaired) electrons. The predicted octanol–water partition coefficient (Wildman–Crippen LogP) is 1.33. The van der Waals surface area contributed by atoms with Crippen LogP contribution in [0.1, 0.15) is 86.0 Å². The first-order chi connectivity index (χ1) is 22.0. The van der Waals surface area contributed by atoms with Crippen molar-refractivity contribution in [2.75, 3.05) is 19.8 Å². The van der Waals surface area contributed by atoms with Crippen LogP contribution < -0.4 is 0 Å². The van der Waals surface area contributed by atoms with Gasteiger partial charge < -0.3 is 50.3 Å². The molecule has 4 fully saturated rings. The number of hydrogen-bond acceptors (Lipinski definition) is 11. The Labute approximate surface area is 277 Å². The maximum Gasteiger partial charge on any atom is 0.315 e. The van der Waals surface area contributed by atoms with Gasteiger partial charge >= 0.3 is 5.97 Å². The number of allylic oxidation sites excluding steroid dienone is 3. The fourth-order valence-corrected chi connectivity index (χ4v) is 12.0. The summed E-state index contributed by atoms with van der Waals surface area (Å²) in [5.41, 5.74) is 0.0443. The van der Waals surface area contributed by atoms with E-state index in [0.29, 0.717) is 38.5 Å². The molecule has 5 aliphatic carbocycles. The third kappa shape index (κ3) is 4.67. The Hall–Kier alpha value is -1.41. The highest BCUT2D eigenvalue weighted by Gasteiger charge is 2.70. The summed E-state index contributed by atoms with van der Waals surface area (Å²) in [6.45, 7) is 9.65. The molecule has 0 spiro atoms. The number of hydrogen-bond donors (Lipinski definition) is 8. The molecule has 6 aliphatic rings. The van der Waals surface area contributed by atoms with Crippen LogP contribution in [0.5, 0.6) is 0 Å². The van der Waals surface area contributed by atoms with Crippen molar-refractivity contribution in [3.8, 4) is 0 Å². The monoisotopic (exact) mass is 664 g/mol. The molecular formula is C36H56O11. The Bertz CT molecular complexity index is 1310. The van der Waals surface area contributed by atoms with Crippen LogP contribution in [0.2, 0.25) is 0 Å². The Balaban J connectivity index is 1.40. The first-order valence-corrected chi connectivity index (χ1v) is 17.5. The van der Waals surface area contributed by atoms with Gasteiger partial charge in [0.25, 0.3) is 0 Å². The fourth-order valence-electron chi connectivity index (χ4n) is 12.0. The van der Waals surface area contributed by atoms with Gasteiger partial charge in [0, 0.05) is 11.3 Å². The van der Waals surface area contributed by atoms with E-state index in [0.717, 1.165) is 29.6 Å². The highest BCUT2D eigenvalue weighted by molar-refractivity contribution is 5.80. The molecule has 0 aromatic heterocycles. The smallest absolute Gasteiger partial charge is 0.315 e. The molecule has 11 nitrogen and oxygen atoms in total. The van der Waals surface area contributed by atoms with Gasteiger partial charge in [-0.2, -0.15) is 0 Å². The van der Waals surface area contributed by atoms with E-state index in [2.05, 4.69) is 26.8 Å². The normalized spacial score (nSPS) is 52.8. The van der Waals surface area contributed by atoms with Crippen molar-refractivity contribution in [2.45, 2.75) is 129 Å². The number of aliphatic hydroxyl groups is 8. The lowest BCUT2D eigenvalue weighted by Crippen LogP contribution is -2.68. The molecule has 6 rings (SSSR count). The number of esters is 1. The summed E-state index contributed by atoms with van der Waals surface area (Å²) < 4.78 is 11.4. The lowest BCUT2D eigenvalue weighted by molar-refractivity contribution is -0.297. The van der Waals surface area contributed by atoms with Crippen molar-refractivity contribution >= 4 is 5.97 Å². The molecule has 0 bridgehead atoms. The fraction of sp³-hybridized carbons (Fsp3) is 0.861. The van der Waals surface area contributed by atoms with Crippen molar-refractivity contribution in [3.05, 3.63) is 22.8 Å². The van der Waals surface area contributed by atoms with E-state index in [1.165, 1.54) is 0 Å². The molecule has 0 aromatic carbocycles. The first kappa shape index (κ1) is 35.4. The van der Waals surface area contributed by atoms with E-state index in [1.54, 1.807) is 0 Å². The van der Waals surface area contributed by atoms with Crippen LogP contribution in [0.4, 0.5) is 0 Å². The molecule has 8 N–H and O–H groups in total. The predicted molar refractivity (Wildman–Crippen MR) is 169 cm³/mol. The summed E-state index contributed by atoms with van der Waals surface area (Å²) in [7, 11) is 0. The van der Waals surface area contributed by atoms with Crippen LogP contribution in [0.25, 0.3) is 0 Å². The summed E-state index contributed by atoms with van der Waals surface area (Å²) in [6, 6.07) is 0. The van der Waals surface area contributed by atoms with E-state index >= 15 is 0 Å². The van der Waals surface area contributed by atoms with Gasteiger partial charge in [0.1, 0.15) is 24.4 Å². The van der Waals surface area contributed by atoms with Gasteiger partial charge in [-0.1, -0.05) is 44.9 Å². The average Bonchev–Trinajstić information content (AvgIpc) is 3.04. The Morgan fingerprint density at radius 2 is 1.64 bits per heavy atom. The Morgan fingerprint density at radius 1 is 0.936 bits per heavy atom. The number of ether oxygens (including phenoxy) is 2. The third-order valence-electron chi connectivity index (χ3n) is 15.0. The summed E-state index contributed by atoms with van der Waals surface area (Å²) in [5.74, 6) is -0.909. The molecule has 0 aromatic rings.